The summed E-state index contributed by atoms with van der Waals surface area (Å²) in [7, 11) is 0. The predicted molar refractivity (Wildman–Crippen MR) is 119 cm³/mol. The molecule has 31 heavy (non-hydrogen) atoms. The molecule has 2 rings (SSSR count). The molecule has 0 aliphatic rings. The zero-order chi connectivity index (χ0) is 23.4. The zero-order valence-corrected chi connectivity index (χ0v) is 19.8. The van der Waals surface area contributed by atoms with E-state index in [-0.39, 0.29) is 30.1 Å². The number of rotatable bonds is 6. The maximum Gasteiger partial charge on any atom is 0.359 e. The summed E-state index contributed by atoms with van der Waals surface area (Å²) in [5, 5.41) is 10.8. The van der Waals surface area contributed by atoms with Crippen LogP contribution >= 0.6 is 31.9 Å². The van der Waals surface area contributed by atoms with Crippen molar-refractivity contribution in [3.63, 3.8) is 0 Å². The Morgan fingerprint density at radius 3 is 2.06 bits per heavy atom. The maximum absolute atomic E-state index is 11.6. The summed E-state index contributed by atoms with van der Waals surface area (Å²) in [5.74, 6) is -1.64. The molecular weight excluding hydrogens is 538 g/mol. The number of carbonyl (C=O) groups is 3. The number of ether oxygens (including phenoxy) is 2. The third-order valence-electron chi connectivity index (χ3n) is 3.20. The van der Waals surface area contributed by atoms with E-state index in [0.717, 1.165) is 0 Å². The van der Waals surface area contributed by atoms with Gasteiger partial charge in [-0.1, -0.05) is 0 Å². The van der Waals surface area contributed by atoms with Crippen LogP contribution in [0, 0.1) is 11.3 Å². The quantitative estimate of drug-likeness (QED) is 0.401. The number of hydrogen-bond acceptors (Lipinski definition) is 9. The van der Waals surface area contributed by atoms with Crippen molar-refractivity contribution in [1.82, 2.24) is 9.97 Å². The number of amides is 1. The minimum atomic E-state index is -0.633. The first kappa shape index (κ1) is 26.0. The molecule has 0 saturated carbocycles. The van der Waals surface area contributed by atoms with Crippen molar-refractivity contribution in [3.8, 4) is 6.07 Å². The van der Waals surface area contributed by atoms with Crippen molar-refractivity contribution in [1.29, 1.82) is 5.26 Å². The minimum Gasteiger partial charge on any atom is -0.461 e. The Balaban J connectivity index is 0.000000327. The van der Waals surface area contributed by atoms with Crippen molar-refractivity contribution in [2.24, 2.45) is 0 Å². The van der Waals surface area contributed by atoms with Gasteiger partial charge in [0.25, 0.3) is 0 Å². The molecule has 0 aliphatic heterocycles. The van der Waals surface area contributed by atoms with Gasteiger partial charge in [0.05, 0.1) is 30.7 Å². The molecule has 2 aromatic heterocycles. The molecular formula is C19H19Br2N5O5. The third kappa shape index (κ3) is 8.69. The molecule has 10 nitrogen and oxygen atoms in total. The van der Waals surface area contributed by atoms with Crippen LogP contribution in [0.25, 0.3) is 0 Å². The predicted octanol–water partition coefficient (Wildman–Crippen LogP) is 3.48. The first-order valence-corrected chi connectivity index (χ1v) is 10.4. The topological polar surface area (TPSA) is 157 Å². The fourth-order valence-electron chi connectivity index (χ4n) is 1.97. The van der Waals surface area contributed by atoms with Crippen LogP contribution in [0.4, 0.5) is 11.4 Å². The van der Waals surface area contributed by atoms with Crippen molar-refractivity contribution >= 4 is 61.1 Å². The number of halogens is 2. The standard InChI is InChI=1S/C11H10BrN3O3.C8H9BrN2O2/c1-2-18-11(17)10-7(3-4-8(12)15-10)14-9(16)5-6-13;1-2-13-8(12)7-5(10)3-4-6(9)11-7/h3-4H,2,5H2,1H3,(H,14,16);3-4H,2,10H2,1H3. The second-order valence-corrected chi connectivity index (χ2v) is 7.05. The van der Waals surface area contributed by atoms with E-state index in [0.29, 0.717) is 21.5 Å². The number of anilines is 2. The molecule has 12 heteroatoms. The van der Waals surface area contributed by atoms with Crippen LogP contribution in [0.2, 0.25) is 0 Å². The van der Waals surface area contributed by atoms with Crippen LogP contribution in [-0.4, -0.2) is 41.0 Å². The van der Waals surface area contributed by atoms with E-state index in [4.69, 9.17) is 20.5 Å². The Morgan fingerprint density at radius 2 is 1.52 bits per heavy atom. The van der Waals surface area contributed by atoms with E-state index in [1.807, 2.05) is 0 Å². The lowest BCUT2D eigenvalue weighted by Gasteiger charge is -2.08. The van der Waals surface area contributed by atoms with E-state index in [1.54, 1.807) is 38.1 Å². The second-order valence-electron chi connectivity index (χ2n) is 5.43. The average Bonchev–Trinajstić information content (AvgIpc) is 2.72. The normalized spacial score (nSPS) is 9.52. The van der Waals surface area contributed by atoms with Crippen molar-refractivity contribution in [2.75, 3.05) is 24.3 Å². The van der Waals surface area contributed by atoms with Crippen LogP contribution in [0.1, 0.15) is 41.2 Å². The Bertz CT molecular complexity index is 994. The van der Waals surface area contributed by atoms with Crippen LogP contribution in [-0.2, 0) is 14.3 Å². The van der Waals surface area contributed by atoms with Crippen LogP contribution in [0.3, 0.4) is 0 Å². The van der Waals surface area contributed by atoms with Gasteiger partial charge in [-0.05, 0) is 70.0 Å². The lowest BCUT2D eigenvalue weighted by atomic mass is 10.3. The number of esters is 2. The summed E-state index contributed by atoms with van der Waals surface area (Å²) in [6.07, 6.45) is -0.293. The highest BCUT2D eigenvalue weighted by Gasteiger charge is 2.17. The first-order valence-electron chi connectivity index (χ1n) is 8.83. The van der Waals surface area contributed by atoms with Gasteiger partial charge in [-0.3, -0.25) is 4.79 Å². The monoisotopic (exact) mass is 555 g/mol. The van der Waals surface area contributed by atoms with E-state index in [1.165, 1.54) is 6.07 Å². The molecule has 0 fully saturated rings. The number of nitrogen functional groups attached to an aromatic ring is 1. The Kier molecular flexibility index (Phi) is 11.2. The Labute approximate surface area is 195 Å². The van der Waals surface area contributed by atoms with Crippen LogP contribution in [0.5, 0.6) is 0 Å². The van der Waals surface area contributed by atoms with Gasteiger partial charge < -0.3 is 20.5 Å². The van der Waals surface area contributed by atoms with Gasteiger partial charge in [0.2, 0.25) is 5.91 Å². The zero-order valence-electron chi connectivity index (χ0n) is 16.6. The smallest absolute Gasteiger partial charge is 0.359 e. The van der Waals surface area contributed by atoms with Gasteiger partial charge in [-0.25, -0.2) is 19.6 Å². The van der Waals surface area contributed by atoms with Gasteiger partial charge in [-0.2, -0.15) is 5.26 Å². The fourth-order valence-corrected chi connectivity index (χ4v) is 2.59. The molecule has 0 saturated heterocycles. The molecule has 0 aromatic carbocycles. The van der Waals surface area contributed by atoms with Gasteiger partial charge >= 0.3 is 11.9 Å². The van der Waals surface area contributed by atoms with Gasteiger partial charge in [0, 0.05) is 0 Å². The summed E-state index contributed by atoms with van der Waals surface area (Å²) in [6.45, 7) is 3.92. The maximum atomic E-state index is 11.6. The fraction of sp³-hybridized carbons (Fsp3) is 0.263. The largest absolute Gasteiger partial charge is 0.461 e. The molecule has 0 spiro atoms. The number of aromatic nitrogens is 2. The average molecular weight is 557 g/mol. The van der Waals surface area contributed by atoms with E-state index < -0.39 is 17.8 Å². The molecule has 0 atom stereocenters. The van der Waals surface area contributed by atoms with Crippen LogP contribution < -0.4 is 11.1 Å². The number of nitriles is 1. The van der Waals surface area contributed by atoms with Crippen molar-refractivity contribution in [2.45, 2.75) is 20.3 Å². The third-order valence-corrected chi connectivity index (χ3v) is 4.09. The number of nitrogens with one attached hydrogen (secondary N) is 1. The molecule has 0 bridgehead atoms. The van der Waals surface area contributed by atoms with Gasteiger partial charge in [0.15, 0.2) is 11.4 Å². The molecule has 164 valence electrons. The van der Waals surface area contributed by atoms with Crippen molar-refractivity contribution < 1.29 is 23.9 Å². The van der Waals surface area contributed by atoms with Gasteiger partial charge in [-0.15, -0.1) is 0 Å². The highest BCUT2D eigenvalue weighted by Crippen LogP contribution is 2.18. The Hall–Kier alpha value is -3.04. The highest BCUT2D eigenvalue weighted by atomic mass is 79.9. The minimum absolute atomic E-state index is 0.00230. The van der Waals surface area contributed by atoms with E-state index in [2.05, 4.69) is 47.1 Å². The summed E-state index contributed by atoms with van der Waals surface area (Å²) in [4.78, 5) is 42.0. The molecule has 3 N–H and O–H groups in total. The van der Waals surface area contributed by atoms with Crippen LogP contribution in [0.15, 0.2) is 33.5 Å². The summed E-state index contributed by atoms with van der Waals surface area (Å²) in [5.41, 5.74) is 6.22. The number of nitrogens with two attached hydrogens (primary N) is 1. The first-order chi connectivity index (χ1) is 14.7. The SMILES string of the molecule is CCOC(=O)c1nc(Br)ccc1N.CCOC(=O)c1nc(Br)ccc1NC(=O)CC#N. The second kappa shape index (κ2) is 13.3. The van der Waals surface area contributed by atoms with Gasteiger partial charge in [0.1, 0.15) is 15.6 Å². The number of hydrogen-bond donors (Lipinski definition) is 2. The Morgan fingerprint density at radius 1 is 1.00 bits per heavy atom. The molecule has 0 radical (unpaired) electrons. The van der Waals surface area contributed by atoms with Crippen molar-refractivity contribution in [3.05, 3.63) is 44.9 Å². The van der Waals surface area contributed by atoms with E-state index in [9.17, 15) is 14.4 Å². The number of carbonyl (C=O) groups excluding carboxylic acids is 3. The molecule has 0 unspecified atom stereocenters. The molecule has 0 aliphatic carbocycles. The lowest BCUT2D eigenvalue weighted by molar-refractivity contribution is -0.115. The molecule has 2 heterocycles. The molecule has 1 amide bonds. The number of pyridine rings is 2. The molecule has 2 aromatic rings. The summed E-state index contributed by atoms with van der Waals surface area (Å²) < 4.78 is 10.6. The lowest BCUT2D eigenvalue weighted by Crippen LogP contribution is -2.16. The van der Waals surface area contributed by atoms with E-state index >= 15 is 0 Å². The highest BCUT2D eigenvalue weighted by molar-refractivity contribution is 9.10. The summed E-state index contributed by atoms with van der Waals surface area (Å²) in [6, 6.07) is 8.07. The summed E-state index contributed by atoms with van der Waals surface area (Å²) >= 11 is 6.27. The number of nitrogens with zero attached hydrogens (tertiary/aromatic N) is 3.